The van der Waals surface area contributed by atoms with Gasteiger partial charge in [0.2, 0.25) is 0 Å². The predicted octanol–water partition coefficient (Wildman–Crippen LogP) is 4.29. The van der Waals surface area contributed by atoms with E-state index in [9.17, 15) is 4.79 Å². The highest BCUT2D eigenvalue weighted by Crippen LogP contribution is 2.40. The van der Waals surface area contributed by atoms with Crippen LogP contribution in [0.4, 0.5) is 0 Å². The molecule has 1 fully saturated rings. The fourth-order valence-electron chi connectivity index (χ4n) is 2.46. The van der Waals surface area contributed by atoms with E-state index in [0.29, 0.717) is 0 Å². The van der Waals surface area contributed by atoms with Gasteiger partial charge in [-0.2, -0.15) is 0 Å². The molecule has 0 amide bonds. The molecule has 0 aromatic rings. The van der Waals surface area contributed by atoms with Gasteiger partial charge in [0, 0.05) is 0 Å². The summed E-state index contributed by atoms with van der Waals surface area (Å²) in [7, 11) is -1.93. The number of ether oxygens (including phenoxy) is 2. The second kappa shape index (κ2) is 7.12. The van der Waals surface area contributed by atoms with Crippen LogP contribution in [0.3, 0.4) is 0 Å². The Kier molecular flexibility index (Phi) is 6.41. The summed E-state index contributed by atoms with van der Waals surface area (Å²) in [5.41, 5.74) is 0. The van der Waals surface area contributed by atoms with Gasteiger partial charge >= 0.3 is 0 Å². The van der Waals surface area contributed by atoms with Crippen molar-refractivity contribution in [3.63, 3.8) is 0 Å². The number of carbonyl (C=O) groups is 1. The van der Waals surface area contributed by atoms with Crippen molar-refractivity contribution < 1.29 is 18.7 Å². The number of rotatable bonds is 7. The summed E-state index contributed by atoms with van der Waals surface area (Å²) in [5, 5.41) is 0.128. The lowest BCUT2D eigenvalue weighted by Gasteiger charge is -2.41. The topological polar surface area (TPSA) is 44.8 Å². The van der Waals surface area contributed by atoms with Crippen LogP contribution in [0, 0.1) is 0 Å². The molecule has 1 heterocycles. The van der Waals surface area contributed by atoms with Gasteiger partial charge in [-0.3, -0.25) is 0 Å². The first kappa shape index (κ1) is 19.8. The molecule has 22 heavy (non-hydrogen) atoms. The van der Waals surface area contributed by atoms with Crippen molar-refractivity contribution in [3.8, 4) is 0 Å². The van der Waals surface area contributed by atoms with Gasteiger partial charge in [0.1, 0.15) is 12.2 Å². The number of carbonyl (C=O) groups excluding carboxylic acids is 1. The highest BCUT2D eigenvalue weighted by Gasteiger charge is 2.48. The van der Waals surface area contributed by atoms with Crippen molar-refractivity contribution in [2.24, 2.45) is 0 Å². The Morgan fingerprint density at radius 1 is 1.27 bits per heavy atom. The van der Waals surface area contributed by atoms with Gasteiger partial charge in [-0.25, -0.2) is 0 Å². The minimum atomic E-state index is -1.93. The lowest BCUT2D eigenvalue weighted by molar-refractivity contribution is -0.156. The van der Waals surface area contributed by atoms with Crippen LogP contribution in [0.15, 0.2) is 0 Å². The van der Waals surface area contributed by atoms with Gasteiger partial charge in [0.05, 0.1) is 6.10 Å². The molecule has 4 nitrogen and oxygen atoms in total. The number of hydrogen-bond acceptors (Lipinski definition) is 4. The molecule has 5 heteroatoms. The fourth-order valence-corrected chi connectivity index (χ4v) is 3.82. The van der Waals surface area contributed by atoms with E-state index in [0.717, 1.165) is 25.5 Å². The average molecular weight is 331 g/mol. The zero-order valence-corrected chi connectivity index (χ0v) is 16.6. The standard InChI is InChI=1S/C17H34O4Si/c1-9-10-11-13(21-22(7,8)16(2,3)4)15-14(12-18)19-17(5,6)20-15/h12-15H,9-11H2,1-8H3/t13-,14+,15+/m0/s1. The van der Waals surface area contributed by atoms with E-state index in [-0.39, 0.29) is 17.2 Å². The van der Waals surface area contributed by atoms with Gasteiger partial charge < -0.3 is 18.7 Å². The third-order valence-electron chi connectivity index (χ3n) is 4.76. The molecule has 0 aromatic carbocycles. The van der Waals surface area contributed by atoms with Crippen molar-refractivity contribution >= 4 is 14.6 Å². The summed E-state index contributed by atoms with van der Waals surface area (Å²) in [6.45, 7) is 17.0. The normalized spacial score (nSPS) is 26.9. The summed E-state index contributed by atoms with van der Waals surface area (Å²) in [5.74, 6) is -0.725. The molecule has 0 saturated carbocycles. The first-order valence-corrected chi connectivity index (χ1v) is 11.3. The second-order valence-electron chi connectivity index (χ2n) is 8.26. The van der Waals surface area contributed by atoms with Crippen molar-refractivity contribution in [2.75, 3.05) is 0 Å². The second-order valence-corrected chi connectivity index (χ2v) is 13.0. The lowest BCUT2D eigenvalue weighted by Crippen LogP contribution is -2.49. The smallest absolute Gasteiger partial charge is 0.192 e. The first-order chi connectivity index (χ1) is 9.93. The van der Waals surface area contributed by atoms with Crippen LogP contribution in [0.5, 0.6) is 0 Å². The van der Waals surface area contributed by atoms with Crippen molar-refractivity contribution in [3.05, 3.63) is 0 Å². The molecule has 1 aliphatic heterocycles. The largest absolute Gasteiger partial charge is 0.411 e. The van der Waals surface area contributed by atoms with E-state index >= 15 is 0 Å². The maximum atomic E-state index is 11.4. The van der Waals surface area contributed by atoms with Crippen LogP contribution < -0.4 is 0 Å². The third kappa shape index (κ3) is 4.88. The quantitative estimate of drug-likeness (QED) is 0.516. The Morgan fingerprint density at radius 3 is 2.32 bits per heavy atom. The molecule has 0 N–H and O–H groups in total. The molecule has 0 aliphatic carbocycles. The monoisotopic (exact) mass is 330 g/mol. The summed E-state index contributed by atoms with van der Waals surface area (Å²) >= 11 is 0. The van der Waals surface area contributed by atoms with Crippen LogP contribution in [0.2, 0.25) is 18.1 Å². The number of aldehydes is 1. The molecular weight excluding hydrogens is 296 g/mol. The van der Waals surface area contributed by atoms with Gasteiger partial charge in [-0.1, -0.05) is 40.5 Å². The lowest BCUT2D eigenvalue weighted by atomic mass is 10.0. The van der Waals surface area contributed by atoms with Crippen LogP contribution >= 0.6 is 0 Å². The van der Waals surface area contributed by atoms with Crippen LogP contribution in [0.1, 0.15) is 60.8 Å². The molecule has 1 rings (SSSR count). The summed E-state index contributed by atoms with van der Waals surface area (Å²) in [4.78, 5) is 11.4. The summed E-state index contributed by atoms with van der Waals surface area (Å²) in [6.07, 6.45) is 2.98. The maximum Gasteiger partial charge on any atom is 0.192 e. The molecular formula is C17H34O4Si. The minimum Gasteiger partial charge on any atom is -0.411 e. The van der Waals surface area contributed by atoms with Gasteiger partial charge in [0.25, 0.3) is 0 Å². The molecule has 3 atom stereocenters. The molecule has 0 bridgehead atoms. The Labute approximate surface area is 137 Å². The Hall–Kier alpha value is -0.233. The Bertz CT molecular complexity index is 373. The van der Waals surface area contributed by atoms with E-state index in [4.69, 9.17) is 13.9 Å². The van der Waals surface area contributed by atoms with Crippen molar-refractivity contribution in [1.82, 2.24) is 0 Å². The highest BCUT2D eigenvalue weighted by atomic mass is 28.4. The maximum absolute atomic E-state index is 11.4. The molecule has 1 saturated heterocycles. The zero-order valence-electron chi connectivity index (χ0n) is 15.6. The fraction of sp³-hybridized carbons (Fsp3) is 0.941. The first-order valence-electron chi connectivity index (χ1n) is 8.42. The van der Waals surface area contributed by atoms with E-state index < -0.39 is 20.2 Å². The summed E-state index contributed by atoms with van der Waals surface area (Å²) < 4.78 is 18.3. The summed E-state index contributed by atoms with van der Waals surface area (Å²) in [6, 6.07) is 0. The van der Waals surface area contributed by atoms with Gasteiger partial charge in [-0.05, 0) is 38.4 Å². The third-order valence-corrected chi connectivity index (χ3v) is 9.26. The van der Waals surface area contributed by atoms with Crippen LogP contribution in [-0.4, -0.2) is 38.7 Å². The molecule has 130 valence electrons. The highest BCUT2D eigenvalue weighted by molar-refractivity contribution is 6.74. The van der Waals surface area contributed by atoms with E-state index in [1.165, 1.54) is 0 Å². The number of hydrogen-bond donors (Lipinski definition) is 0. The molecule has 0 aromatic heterocycles. The van der Waals surface area contributed by atoms with Gasteiger partial charge in [-0.15, -0.1) is 0 Å². The van der Waals surface area contributed by atoms with Crippen LogP contribution in [0.25, 0.3) is 0 Å². The van der Waals surface area contributed by atoms with E-state index in [1.807, 2.05) is 13.8 Å². The SMILES string of the molecule is CCCC[C@H](O[Si](C)(C)C(C)(C)C)[C@H]1OC(C)(C)O[C@@H]1C=O. The zero-order chi connectivity index (χ0) is 17.2. The van der Waals surface area contributed by atoms with Crippen LogP contribution in [-0.2, 0) is 18.7 Å². The minimum absolute atomic E-state index is 0.0854. The number of unbranched alkanes of at least 4 members (excludes halogenated alkanes) is 1. The Balaban J connectivity index is 2.95. The van der Waals surface area contributed by atoms with E-state index in [1.54, 1.807) is 0 Å². The Morgan fingerprint density at radius 2 is 1.86 bits per heavy atom. The van der Waals surface area contributed by atoms with Gasteiger partial charge in [0.15, 0.2) is 20.4 Å². The van der Waals surface area contributed by atoms with Crippen molar-refractivity contribution in [2.45, 2.75) is 103 Å². The molecule has 1 aliphatic rings. The molecule has 0 radical (unpaired) electrons. The van der Waals surface area contributed by atoms with Crippen molar-refractivity contribution in [1.29, 1.82) is 0 Å². The predicted molar refractivity (Wildman–Crippen MR) is 91.5 cm³/mol. The average Bonchev–Trinajstić information content (AvgIpc) is 2.68. The molecule has 0 unspecified atom stereocenters. The van der Waals surface area contributed by atoms with E-state index in [2.05, 4.69) is 40.8 Å². The molecule has 0 spiro atoms.